The first-order valence-electron chi connectivity index (χ1n) is 4.78. The van der Waals surface area contributed by atoms with E-state index in [9.17, 15) is 0 Å². The van der Waals surface area contributed by atoms with Crippen molar-refractivity contribution in [3.05, 3.63) is 18.5 Å². The number of anilines is 2. The van der Waals surface area contributed by atoms with Gasteiger partial charge in [-0.2, -0.15) is 9.61 Å². The molecule has 2 aromatic rings. The summed E-state index contributed by atoms with van der Waals surface area (Å²) in [6, 6.07) is 1.94. The van der Waals surface area contributed by atoms with Crippen molar-refractivity contribution in [3.63, 3.8) is 0 Å². The molecule has 2 aromatic heterocycles. The quantitative estimate of drug-likeness (QED) is 0.728. The molecule has 0 aliphatic rings. The first-order chi connectivity index (χ1) is 7.11. The Morgan fingerprint density at radius 3 is 2.47 bits per heavy atom. The fraction of sp³-hybridized carbons (Fsp3) is 0.400. The first kappa shape index (κ1) is 9.76. The van der Waals surface area contributed by atoms with Crippen LogP contribution in [0.1, 0.15) is 0 Å². The van der Waals surface area contributed by atoms with Gasteiger partial charge in [-0.1, -0.05) is 0 Å². The van der Waals surface area contributed by atoms with Gasteiger partial charge in [-0.05, 0) is 6.07 Å². The third-order valence-corrected chi connectivity index (χ3v) is 2.30. The van der Waals surface area contributed by atoms with Crippen LogP contribution >= 0.6 is 0 Å². The second kappa shape index (κ2) is 3.42. The van der Waals surface area contributed by atoms with Crippen LogP contribution < -0.4 is 9.80 Å². The van der Waals surface area contributed by atoms with Gasteiger partial charge in [0, 0.05) is 34.4 Å². The fourth-order valence-electron chi connectivity index (χ4n) is 1.52. The molecule has 0 amide bonds. The summed E-state index contributed by atoms with van der Waals surface area (Å²) in [5.74, 6) is 1.02. The zero-order valence-electron chi connectivity index (χ0n) is 9.47. The van der Waals surface area contributed by atoms with Crippen molar-refractivity contribution in [2.45, 2.75) is 0 Å². The lowest BCUT2D eigenvalue weighted by molar-refractivity contribution is 0.896. The van der Waals surface area contributed by atoms with E-state index in [4.69, 9.17) is 0 Å². The fourth-order valence-corrected chi connectivity index (χ4v) is 1.52. The van der Waals surface area contributed by atoms with Crippen molar-refractivity contribution in [3.8, 4) is 0 Å². The molecule has 0 N–H and O–H groups in total. The highest BCUT2D eigenvalue weighted by atomic mass is 15.3. The van der Waals surface area contributed by atoms with E-state index in [-0.39, 0.29) is 0 Å². The summed E-state index contributed by atoms with van der Waals surface area (Å²) >= 11 is 0. The van der Waals surface area contributed by atoms with Crippen LogP contribution in [0.2, 0.25) is 0 Å². The molecular weight excluding hydrogens is 190 g/mol. The lowest BCUT2D eigenvalue weighted by Gasteiger charge is -2.14. The molecule has 0 atom stereocenters. The minimum absolute atomic E-state index is 0.881. The van der Waals surface area contributed by atoms with E-state index in [1.165, 1.54) is 0 Å². The van der Waals surface area contributed by atoms with E-state index in [0.29, 0.717) is 0 Å². The smallest absolute Gasteiger partial charge is 0.180 e. The number of nitrogens with zero attached hydrogens (tertiary/aromatic N) is 5. The summed E-state index contributed by atoms with van der Waals surface area (Å²) in [5, 5.41) is 4.33. The van der Waals surface area contributed by atoms with Crippen molar-refractivity contribution >= 4 is 17.2 Å². The number of rotatable bonds is 2. The van der Waals surface area contributed by atoms with E-state index >= 15 is 0 Å². The van der Waals surface area contributed by atoms with Crippen LogP contribution in [0.25, 0.3) is 5.65 Å². The molecule has 15 heavy (non-hydrogen) atoms. The van der Waals surface area contributed by atoms with Crippen molar-refractivity contribution in [2.75, 3.05) is 38.0 Å². The summed E-state index contributed by atoms with van der Waals surface area (Å²) in [5.41, 5.74) is 1.91. The Balaban J connectivity index is 2.69. The topological polar surface area (TPSA) is 36.7 Å². The van der Waals surface area contributed by atoms with Gasteiger partial charge in [0.15, 0.2) is 5.65 Å². The minimum atomic E-state index is 0.881. The molecule has 5 heteroatoms. The van der Waals surface area contributed by atoms with Gasteiger partial charge in [0.1, 0.15) is 11.5 Å². The number of fused-ring (bicyclic) bond motifs is 1. The van der Waals surface area contributed by atoms with Crippen LogP contribution in [-0.4, -0.2) is 42.8 Å². The van der Waals surface area contributed by atoms with Gasteiger partial charge in [-0.15, -0.1) is 0 Å². The summed E-state index contributed by atoms with van der Waals surface area (Å²) in [6.45, 7) is 0. The maximum atomic E-state index is 4.34. The van der Waals surface area contributed by atoms with Crippen molar-refractivity contribution in [1.29, 1.82) is 0 Å². The molecule has 0 aromatic carbocycles. The lowest BCUT2D eigenvalue weighted by Crippen LogP contribution is -2.14. The predicted molar refractivity (Wildman–Crippen MR) is 61.6 cm³/mol. The second-order valence-electron chi connectivity index (χ2n) is 3.86. The highest BCUT2D eigenvalue weighted by Crippen LogP contribution is 2.20. The lowest BCUT2D eigenvalue weighted by atomic mass is 10.4. The van der Waals surface area contributed by atoms with Gasteiger partial charge in [0.2, 0.25) is 0 Å². The Bertz CT molecular complexity index is 472. The largest absolute Gasteiger partial charge is 0.373 e. The van der Waals surface area contributed by atoms with Crippen LogP contribution in [0.15, 0.2) is 18.5 Å². The molecule has 0 radical (unpaired) electrons. The molecule has 0 saturated heterocycles. The van der Waals surface area contributed by atoms with Crippen molar-refractivity contribution in [2.24, 2.45) is 0 Å². The molecule has 0 aliphatic heterocycles. The van der Waals surface area contributed by atoms with Crippen molar-refractivity contribution in [1.82, 2.24) is 14.6 Å². The van der Waals surface area contributed by atoms with Crippen LogP contribution in [0.3, 0.4) is 0 Å². The Morgan fingerprint density at radius 2 is 1.87 bits per heavy atom. The van der Waals surface area contributed by atoms with E-state index < -0.39 is 0 Å². The average Bonchev–Trinajstić information content (AvgIpc) is 2.59. The standard InChI is InChI=1S/C10H15N5/c1-13(2)8-7-12-15-9(14(3)4)5-6-11-10(8)15/h5-7H,1-4H3. The van der Waals surface area contributed by atoms with E-state index in [1.54, 1.807) is 6.20 Å². The molecule has 0 unspecified atom stereocenters. The van der Waals surface area contributed by atoms with Gasteiger partial charge in [-0.25, -0.2) is 4.98 Å². The third-order valence-electron chi connectivity index (χ3n) is 2.30. The van der Waals surface area contributed by atoms with Gasteiger partial charge in [0.05, 0.1) is 6.20 Å². The summed E-state index contributed by atoms with van der Waals surface area (Å²) < 4.78 is 1.84. The van der Waals surface area contributed by atoms with E-state index in [2.05, 4.69) is 10.1 Å². The predicted octanol–water partition coefficient (Wildman–Crippen LogP) is 0.861. The Labute approximate surface area is 88.9 Å². The van der Waals surface area contributed by atoms with Crippen LogP contribution in [0.4, 0.5) is 11.5 Å². The molecule has 0 fully saturated rings. The summed E-state index contributed by atoms with van der Waals surface area (Å²) in [6.07, 6.45) is 3.63. The van der Waals surface area contributed by atoms with Crippen LogP contribution in [0.5, 0.6) is 0 Å². The van der Waals surface area contributed by atoms with E-state index in [0.717, 1.165) is 17.2 Å². The van der Waals surface area contributed by atoms with Crippen molar-refractivity contribution < 1.29 is 0 Å². The maximum Gasteiger partial charge on any atom is 0.180 e. The minimum Gasteiger partial charge on any atom is -0.373 e. The SMILES string of the molecule is CN(C)c1cnn2c(N(C)C)ccnc12. The highest BCUT2D eigenvalue weighted by Gasteiger charge is 2.10. The molecule has 80 valence electrons. The maximum absolute atomic E-state index is 4.34. The zero-order chi connectivity index (χ0) is 11.0. The number of hydrogen-bond acceptors (Lipinski definition) is 4. The summed E-state index contributed by atoms with van der Waals surface area (Å²) in [4.78, 5) is 8.36. The summed E-state index contributed by atoms with van der Waals surface area (Å²) in [7, 11) is 7.96. The first-order valence-corrected chi connectivity index (χ1v) is 4.78. The normalized spacial score (nSPS) is 10.7. The van der Waals surface area contributed by atoms with Gasteiger partial charge in [-0.3, -0.25) is 0 Å². The third kappa shape index (κ3) is 1.49. The molecule has 0 saturated carbocycles. The van der Waals surface area contributed by atoms with Gasteiger partial charge >= 0.3 is 0 Å². The number of hydrogen-bond donors (Lipinski definition) is 0. The number of aromatic nitrogens is 3. The second-order valence-corrected chi connectivity index (χ2v) is 3.86. The van der Waals surface area contributed by atoms with Gasteiger partial charge in [0.25, 0.3) is 0 Å². The molecule has 5 nitrogen and oxygen atoms in total. The molecule has 0 aliphatic carbocycles. The van der Waals surface area contributed by atoms with E-state index in [1.807, 2.05) is 54.8 Å². The molecular formula is C10H15N5. The van der Waals surface area contributed by atoms with Crippen LogP contribution in [0, 0.1) is 0 Å². The Morgan fingerprint density at radius 1 is 1.13 bits per heavy atom. The molecule has 2 rings (SSSR count). The highest BCUT2D eigenvalue weighted by molar-refractivity contribution is 5.69. The zero-order valence-corrected chi connectivity index (χ0v) is 9.47. The Kier molecular flexibility index (Phi) is 2.22. The molecule has 0 spiro atoms. The molecule has 2 heterocycles. The monoisotopic (exact) mass is 205 g/mol. The molecule has 0 bridgehead atoms. The average molecular weight is 205 g/mol. The Hall–Kier alpha value is -1.78. The van der Waals surface area contributed by atoms with Gasteiger partial charge < -0.3 is 9.80 Å². The van der Waals surface area contributed by atoms with Crippen LogP contribution in [-0.2, 0) is 0 Å².